The van der Waals surface area contributed by atoms with E-state index in [0.717, 1.165) is 5.57 Å². The molecule has 27 atom stereocenters. The summed E-state index contributed by atoms with van der Waals surface area (Å²) in [4.78, 5) is 26.2. The fraction of sp³-hybridized carbons (Fsp3) is 0.887. The molecule has 0 aromatic rings. The van der Waals surface area contributed by atoms with Gasteiger partial charge in [0.15, 0.2) is 25.0 Å². The first kappa shape index (κ1) is 59.8. The van der Waals surface area contributed by atoms with Gasteiger partial charge in [-0.25, -0.2) is 9.59 Å². The average molecular weight is 1090 g/mol. The second-order valence-electron chi connectivity index (χ2n) is 25.0. The molecule has 5 aliphatic carbocycles. The molecule has 3 saturated heterocycles. The molecule has 0 aromatic heterocycles. The highest BCUT2D eigenvalue weighted by Crippen LogP contribution is 2.76. The monoisotopic (exact) mass is 1090 g/mol. The number of hydrogen-bond donors (Lipinski definition) is 14. The highest BCUT2D eigenvalue weighted by atomic mass is 16.8. The number of hydrogen-bond acceptors (Lipinski definition) is 22. The maximum absolute atomic E-state index is 13.1. The molecule has 3 heterocycles. The first-order valence-electron chi connectivity index (χ1n) is 26.8. The van der Waals surface area contributed by atoms with Gasteiger partial charge in [0.2, 0.25) is 0 Å². The third-order valence-corrected chi connectivity index (χ3v) is 20.8. The van der Waals surface area contributed by atoms with Gasteiger partial charge in [0.1, 0.15) is 73.8 Å². The second-order valence-corrected chi connectivity index (χ2v) is 25.0. The second kappa shape index (κ2) is 21.5. The summed E-state index contributed by atoms with van der Waals surface area (Å²) in [5.41, 5.74) is -3.58. The van der Waals surface area contributed by atoms with Gasteiger partial charge in [-0.1, -0.05) is 59.3 Å². The Bertz CT molecular complexity index is 2170. The van der Waals surface area contributed by atoms with E-state index in [4.69, 9.17) is 33.2 Å². The molecule has 0 bridgehead atoms. The number of aliphatic carboxylic acids is 1. The molecule has 3 aliphatic heterocycles. The number of ether oxygens (including phenoxy) is 7. The summed E-state index contributed by atoms with van der Waals surface area (Å²) >= 11 is 0. The first-order chi connectivity index (χ1) is 35.5. The molecule has 76 heavy (non-hydrogen) atoms. The molecule has 4 saturated carbocycles. The van der Waals surface area contributed by atoms with Gasteiger partial charge in [-0.05, 0) is 98.2 Å². The SMILES string of the molecule is C/C=C(\C)C(=O)OC[C@@]12[C@H](O)C[C@]3(C)C(=CCC4[C@@]5(C)CC[C@H](O[C@@H]6O[C@H](C(=O)O)[C@@H](O[C@@H]7O[C@H](CO)[C@@H](O)[C@H](O)[C@H]7O)[C@H](O)[C@H]6O[C@@H]6O[C@H](CO)[C@@H](O)[C@H](O)[C@H]6O)[C@](C)(CO)C5CC[C@]43C)[C@@H]1CC(C)(C)[C@@H](O)[C@@H]2O. The van der Waals surface area contributed by atoms with Gasteiger partial charge in [-0.3, -0.25) is 0 Å². The summed E-state index contributed by atoms with van der Waals surface area (Å²) in [6.45, 7) is 13.1. The molecule has 0 radical (unpaired) electrons. The Labute approximate surface area is 442 Å². The molecule has 8 rings (SSSR count). The Balaban J connectivity index is 1.11. The number of rotatable bonds is 13. The van der Waals surface area contributed by atoms with Crippen LogP contribution in [0.15, 0.2) is 23.3 Å². The van der Waals surface area contributed by atoms with E-state index in [-0.39, 0.29) is 31.3 Å². The van der Waals surface area contributed by atoms with Crippen molar-refractivity contribution >= 4 is 11.9 Å². The van der Waals surface area contributed by atoms with Crippen molar-refractivity contribution in [3.8, 4) is 0 Å². The predicted octanol–water partition coefficient (Wildman–Crippen LogP) is -1.89. The summed E-state index contributed by atoms with van der Waals surface area (Å²) in [5, 5.41) is 155. The van der Waals surface area contributed by atoms with Gasteiger partial charge in [0.25, 0.3) is 0 Å². The Hall–Kier alpha value is -2.34. The predicted molar refractivity (Wildman–Crippen MR) is 259 cm³/mol. The van der Waals surface area contributed by atoms with Crippen molar-refractivity contribution in [1.82, 2.24) is 0 Å². The minimum absolute atomic E-state index is 0.0620. The fourth-order valence-electron chi connectivity index (χ4n) is 15.8. The zero-order valence-corrected chi connectivity index (χ0v) is 44.6. The summed E-state index contributed by atoms with van der Waals surface area (Å²) in [6.07, 6.45) is -26.6. The van der Waals surface area contributed by atoms with Crippen LogP contribution in [0.25, 0.3) is 0 Å². The largest absolute Gasteiger partial charge is 0.479 e. The van der Waals surface area contributed by atoms with Gasteiger partial charge in [-0.15, -0.1) is 0 Å². The van der Waals surface area contributed by atoms with Crippen molar-refractivity contribution in [1.29, 1.82) is 0 Å². The fourth-order valence-corrected chi connectivity index (χ4v) is 15.8. The Morgan fingerprint density at radius 3 is 1.80 bits per heavy atom. The lowest BCUT2D eigenvalue weighted by molar-refractivity contribution is -0.392. The topological polar surface area (TPSA) is 382 Å². The minimum atomic E-state index is -2.17. The van der Waals surface area contributed by atoms with Crippen molar-refractivity contribution < 1.29 is 114 Å². The number of carboxylic acid groups (broad SMARTS) is 1. The Morgan fingerprint density at radius 1 is 0.684 bits per heavy atom. The van der Waals surface area contributed by atoms with Crippen molar-refractivity contribution in [2.24, 2.45) is 50.2 Å². The third-order valence-electron chi connectivity index (χ3n) is 20.8. The van der Waals surface area contributed by atoms with Gasteiger partial charge in [0, 0.05) is 11.0 Å². The Kier molecular flexibility index (Phi) is 16.9. The summed E-state index contributed by atoms with van der Waals surface area (Å²) in [7, 11) is 0. The summed E-state index contributed by atoms with van der Waals surface area (Å²) < 4.78 is 41.8. The standard InChI is InChI=1S/C53H84O23/c1-9-22(2)44(69)70-21-53-24(16-48(3,4)41(65)42(53)66)23-10-11-28-49(5)14-13-30(50(6,20-56)27(49)12-15-51(28,7)52(23,8)17-29(53)57)73-47-39(75-46-36(63)34(61)32(59)26(19-55)72-46)37(64)38(40(76-47)43(67)68)74-45-35(62)33(60)31(58)25(18-54)71-45/h9-10,24-42,45-47,54-66H,11-21H2,1-8H3,(H,67,68)/b22-9+/t24-,25+,26+,27?,28?,29+,30-,31+,32+,33-,34-,35+,36+,37-,38-,39+,40-,41-,42-,45-,46-,47+,49-,50+,51+,52+,53-/m0/s1. The molecule has 23 heteroatoms. The van der Waals surface area contributed by atoms with Gasteiger partial charge in [-0.2, -0.15) is 0 Å². The van der Waals surface area contributed by atoms with Crippen molar-refractivity contribution in [2.75, 3.05) is 26.4 Å². The summed E-state index contributed by atoms with van der Waals surface area (Å²) in [6, 6.07) is 0. The first-order valence-corrected chi connectivity index (χ1v) is 26.8. The van der Waals surface area contributed by atoms with Crippen LogP contribution in [-0.4, -0.2) is 226 Å². The molecule has 14 N–H and O–H groups in total. The molecule has 23 nitrogen and oxygen atoms in total. The number of carboxylic acids is 1. The quantitative estimate of drug-likeness (QED) is 0.0415. The molecular formula is C53H84O23. The van der Waals surface area contributed by atoms with Crippen LogP contribution in [0.1, 0.15) is 100 Å². The van der Waals surface area contributed by atoms with Crippen LogP contribution in [0.5, 0.6) is 0 Å². The van der Waals surface area contributed by atoms with E-state index < -0.39 is 187 Å². The van der Waals surface area contributed by atoms with E-state index in [0.29, 0.717) is 37.7 Å². The summed E-state index contributed by atoms with van der Waals surface area (Å²) in [5.74, 6) is -3.13. The van der Waals surface area contributed by atoms with E-state index in [2.05, 4.69) is 26.8 Å². The molecule has 0 amide bonds. The van der Waals surface area contributed by atoms with Crippen LogP contribution in [0.2, 0.25) is 0 Å². The number of fused-ring (bicyclic) bond motifs is 7. The molecular weight excluding hydrogens is 1000 g/mol. The number of carbonyl (C=O) groups is 2. The lowest BCUT2D eigenvalue weighted by Gasteiger charge is -2.72. The van der Waals surface area contributed by atoms with Crippen LogP contribution in [-0.2, 0) is 42.7 Å². The zero-order chi connectivity index (χ0) is 56.2. The number of esters is 1. The van der Waals surface area contributed by atoms with Crippen molar-refractivity contribution in [3.63, 3.8) is 0 Å². The maximum Gasteiger partial charge on any atom is 0.335 e. The van der Waals surface area contributed by atoms with E-state index in [9.17, 15) is 81.1 Å². The normalized spacial score (nSPS) is 52.3. The minimum Gasteiger partial charge on any atom is -0.479 e. The lowest BCUT2D eigenvalue weighted by atomic mass is 9.33. The van der Waals surface area contributed by atoms with Gasteiger partial charge in [0.05, 0.1) is 49.7 Å². The van der Waals surface area contributed by atoms with Crippen LogP contribution >= 0.6 is 0 Å². The van der Waals surface area contributed by atoms with E-state index in [1.807, 2.05) is 20.8 Å². The number of carbonyl (C=O) groups excluding carboxylic acids is 1. The zero-order valence-electron chi connectivity index (χ0n) is 44.6. The third kappa shape index (κ3) is 9.25. The van der Waals surface area contributed by atoms with Crippen LogP contribution in [0, 0.1) is 50.2 Å². The van der Waals surface area contributed by atoms with E-state index in [1.54, 1.807) is 19.9 Å². The number of allylic oxidation sites excluding steroid dienone is 3. The lowest BCUT2D eigenvalue weighted by Crippen LogP contribution is -2.72. The molecule has 2 unspecified atom stereocenters. The van der Waals surface area contributed by atoms with Crippen molar-refractivity contribution in [3.05, 3.63) is 23.3 Å². The smallest absolute Gasteiger partial charge is 0.335 e. The van der Waals surface area contributed by atoms with E-state index >= 15 is 0 Å². The van der Waals surface area contributed by atoms with E-state index in [1.165, 1.54) is 0 Å². The van der Waals surface area contributed by atoms with Gasteiger partial charge < -0.3 is 105 Å². The van der Waals surface area contributed by atoms with Crippen molar-refractivity contribution in [2.45, 2.75) is 217 Å². The maximum atomic E-state index is 13.1. The highest BCUT2D eigenvalue weighted by Gasteiger charge is 2.73. The Morgan fingerprint density at radius 2 is 1.26 bits per heavy atom. The van der Waals surface area contributed by atoms with Crippen LogP contribution in [0.4, 0.5) is 0 Å². The van der Waals surface area contributed by atoms with Crippen LogP contribution in [0.3, 0.4) is 0 Å². The molecule has 434 valence electrons. The molecule has 8 aliphatic rings. The highest BCUT2D eigenvalue weighted by molar-refractivity contribution is 5.87. The molecule has 7 fully saturated rings. The molecule has 0 spiro atoms. The average Bonchev–Trinajstić information content (AvgIpc) is 3.58. The number of aliphatic hydroxyl groups excluding tert-OH is 13. The van der Waals surface area contributed by atoms with Gasteiger partial charge >= 0.3 is 11.9 Å². The number of aliphatic hydroxyl groups is 13. The molecule has 0 aromatic carbocycles. The van der Waals surface area contributed by atoms with Crippen LogP contribution < -0.4 is 0 Å².